The molecule has 80 valence electrons. The molecule has 0 saturated heterocycles. The molecule has 0 heterocycles. The maximum atomic E-state index is 9.01. The van der Waals surface area contributed by atoms with E-state index < -0.39 is 6.69 Å². The van der Waals surface area contributed by atoms with E-state index >= 15 is 0 Å². The Hall–Kier alpha value is 0.287. The molecule has 1 aliphatic carbocycles. The minimum atomic E-state index is -2.35. The molecule has 1 fully saturated rings. The molecule has 0 N–H and O–H groups in total. The first-order chi connectivity index (χ1) is 6.62. The predicted molar refractivity (Wildman–Crippen MR) is 63.9 cm³/mol. The molecule has 0 spiro atoms. The van der Waals surface area contributed by atoms with Crippen LogP contribution in [0, 0.1) is 11.3 Å². The zero-order valence-corrected chi connectivity index (χ0v) is 11.1. The third-order valence-electron chi connectivity index (χ3n) is 3.18. The second kappa shape index (κ2) is 5.39. The van der Waals surface area contributed by atoms with E-state index in [1.54, 1.807) is 0 Å². The summed E-state index contributed by atoms with van der Waals surface area (Å²) in [5.74, 6) is 0. The number of nitrogens with zero attached hydrogens (tertiary/aromatic N) is 1. The second-order valence-electron chi connectivity index (χ2n) is 4.10. The molecule has 4 heteroatoms. The fraction of sp³-hybridized carbons (Fsp3) is 0.900. The van der Waals surface area contributed by atoms with Crippen LogP contribution in [0.25, 0.3) is 0 Å². The van der Waals surface area contributed by atoms with Crippen LogP contribution in [0.5, 0.6) is 0 Å². The lowest BCUT2D eigenvalue weighted by Gasteiger charge is -2.33. The van der Waals surface area contributed by atoms with E-state index in [1.807, 2.05) is 6.92 Å². The van der Waals surface area contributed by atoms with E-state index in [0.717, 1.165) is 19.3 Å². The van der Waals surface area contributed by atoms with Gasteiger partial charge in [0.1, 0.15) is 0 Å². The summed E-state index contributed by atoms with van der Waals surface area (Å²) in [5.41, 5.74) is 0.359. The molecule has 0 aliphatic heterocycles. The second-order valence-corrected chi connectivity index (χ2v) is 11.3. The van der Waals surface area contributed by atoms with Gasteiger partial charge in [-0.2, -0.15) is 5.26 Å². The highest BCUT2D eigenvalue weighted by Gasteiger charge is 2.45. The van der Waals surface area contributed by atoms with Crippen LogP contribution < -0.4 is 0 Å². The van der Waals surface area contributed by atoms with E-state index in [2.05, 4.69) is 6.07 Å². The maximum Gasteiger partial charge on any atom is 0.270 e. The summed E-state index contributed by atoms with van der Waals surface area (Å²) in [5, 5.41) is 9.01. The van der Waals surface area contributed by atoms with Gasteiger partial charge in [0.05, 0.1) is 11.6 Å². The maximum absolute atomic E-state index is 9.01. The smallest absolute Gasteiger partial charge is 0.198 e. The van der Waals surface area contributed by atoms with Gasteiger partial charge in [0, 0.05) is 0 Å². The first kappa shape index (κ1) is 12.4. The first-order valence-corrected chi connectivity index (χ1v) is 9.58. The fourth-order valence-electron chi connectivity index (χ4n) is 2.22. The monoisotopic (exact) mass is 249 g/mol. The van der Waals surface area contributed by atoms with Gasteiger partial charge in [-0.25, -0.2) is 0 Å². The normalized spacial score (nSPS) is 21.6. The van der Waals surface area contributed by atoms with E-state index in [9.17, 15) is 0 Å². The zero-order chi connectivity index (χ0) is 10.6. The molecule has 0 bridgehead atoms. The van der Waals surface area contributed by atoms with Gasteiger partial charge in [-0.15, -0.1) is 22.2 Å². The minimum absolute atomic E-state index is 0.0890. The summed E-state index contributed by atoms with van der Waals surface area (Å²) in [7, 11) is 0. The average molecular weight is 250 g/mol. The Labute approximate surface area is 96.8 Å². The summed E-state index contributed by atoms with van der Waals surface area (Å²) < 4.78 is 0. The molecule has 1 atom stereocenters. The van der Waals surface area contributed by atoms with Crippen molar-refractivity contribution in [1.29, 1.82) is 5.26 Å². The molecule has 0 aromatic carbocycles. The molecule has 0 aromatic heterocycles. The lowest BCUT2D eigenvalue weighted by Crippen LogP contribution is -2.33. The molecule has 1 aliphatic rings. The molecule has 1 rings (SSSR count). The fourth-order valence-corrected chi connectivity index (χ4v) is 7.21. The molecule has 14 heavy (non-hydrogen) atoms. The van der Waals surface area contributed by atoms with Crippen molar-refractivity contribution in [3.63, 3.8) is 0 Å². The molecular weight excluding hydrogens is 233 g/mol. The van der Waals surface area contributed by atoms with Crippen molar-refractivity contribution in [2.45, 2.75) is 56.5 Å². The SMILES string of the molecule is CCC(C#N)[Si](Cl)(Cl)C1CCCCC1. The van der Waals surface area contributed by atoms with Gasteiger partial charge in [0.25, 0.3) is 6.69 Å². The number of rotatable bonds is 3. The third-order valence-corrected chi connectivity index (χ3v) is 9.74. The highest BCUT2D eigenvalue weighted by Crippen LogP contribution is 2.48. The van der Waals surface area contributed by atoms with Gasteiger partial charge in [-0.1, -0.05) is 39.0 Å². The van der Waals surface area contributed by atoms with Crippen molar-refractivity contribution in [3.8, 4) is 6.07 Å². The number of nitriles is 1. The van der Waals surface area contributed by atoms with Crippen LogP contribution in [0.1, 0.15) is 45.4 Å². The summed E-state index contributed by atoms with van der Waals surface area (Å²) >= 11 is 12.9. The molecule has 1 nitrogen and oxygen atoms in total. The largest absolute Gasteiger partial charge is 0.270 e. The van der Waals surface area contributed by atoms with Crippen LogP contribution in [0.3, 0.4) is 0 Å². The average Bonchev–Trinajstić information content (AvgIpc) is 2.20. The van der Waals surface area contributed by atoms with E-state index in [0.29, 0.717) is 5.54 Å². The molecule has 1 unspecified atom stereocenters. The van der Waals surface area contributed by atoms with Gasteiger partial charge in [0.15, 0.2) is 0 Å². The van der Waals surface area contributed by atoms with Crippen LogP contribution in [0.2, 0.25) is 11.1 Å². The lowest BCUT2D eigenvalue weighted by atomic mass is 10.0. The Kier molecular flexibility index (Phi) is 4.76. The quantitative estimate of drug-likeness (QED) is 0.532. The molecule has 0 amide bonds. The Bertz CT molecular complexity index is 219. The standard InChI is InChI=1S/C10H17Cl2NSi/c1-2-9(8-13)14(11,12)10-6-4-3-5-7-10/h9-10H,2-7H2,1H3. The van der Waals surface area contributed by atoms with Gasteiger partial charge in [-0.05, 0) is 12.0 Å². The van der Waals surface area contributed by atoms with Crippen LogP contribution >= 0.6 is 22.2 Å². The third kappa shape index (κ3) is 2.65. The number of hydrogen-bond donors (Lipinski definition) is 0. The van der Waals surface area contributed by atoms with Crippen LogP contribution in [-0.2, 0) is 0 Å². The van der Waals surface area contributed by atoms with Crippen LogP contribution in [0.15, 0.2) is 0 Å². The molecular formula is C10H17Cl2NSi. The first-order valence-electron chi connectivity index (χ1n) is 5.40. The van der Waals surface area contributed by atoms with Gasteiger partial charge < -0.3 is 0 Å². The van der Waals surface area contributed by atoms with Crippen LogP contribution in [0.4, 0.5) is 0 Å². The number of halogens is 2. The van der Waals surface area contributed by atoms with Crippen LogP contribution in [-0.4, -0.2) is 6.69 Å². The Morgan fingerprint density at radius 2 is 1.93 bits per heavy atom. The van der Waals surface area contributed by atoms with E-state index in [-0.39, 0.29) is 5.54 Å². The van der Waals surface area contributed by atoms with Crippen molar-refractivity contribution in [2.24, 2.45) is 0 Å². The van der Waals surface area contributed by atoms with E-state index in [4.69, 9.17) is 27.4 Å². The Morgan fingerprint density at radius 1 is 1.36 bits per heavy atom. The number of hydrogen-bond acceptors (Lipinski definition) is 1. The Morgan fingerprint density at radius 3 is 2.36 bits per heavy atom. The van der Waals surface area contributed by atoms with Gasteiger partial charge in [-0.3, -0.25) is 0 Å². The summed E-state index contributed by atoms with van der Waals surface area (Å²) in [6.45, 7) is -0.345. The van der Waals surface area contributed by atoms with Crippen molar-refractivity contribution >= 4 is 28.9 Å². The van der Waals surface area contributed by atoms with Crippen molar-refractivity contribution in [3.05, 3.63) is 0 Å². The molecule has 1 saturated carbocycles. The van der Waals surface area contributed by atoms with Crippen molar-refractivity contribution < 1.29 is 0 Å². The summed E-state index contributed by atoms with van der Waals surface area (Å²) in [4.78, 5) is 0. The van der Waals surface area contributed by atoms with Crippen molar-refractivity contribution in [2.75, 3.05) is 0 Å². The molecule has 0 aromatic rings. The van der Waals surface area contributed by atoms with Crippen molar-refractivity contribution in [1.82, 2.24) is 0 Å². The minimum Gasteiger partial charge on any atom is -0.198 e. The summed E-state index contributed by atoms with van der Waals surface area (Å²) in [6.07, 6.45) is 6.85. The van der Waals surface area contributed by atoms with Gasteiger partial charge >= 0.3 is 0 Å². The zero-order valence-electron chi connectivity index (χ0n) is 8.60. The molecule has 0 radical (unpaired) electrons. The predicted octanol–water partition coefficient (Wildman–Crippen LogP) is 4.54. The topological polar surface area (TPSA) is 23.8 Å². The summed E-state index contributed by atoms with van der Waals surface area (Å²) in [6, 6.07) is 2.29. The van der Waals surface area contributed by atoms with E-state index in [1.165, 1.54) is 19.3 Å². The van der Waals surface area contributed by atoms with Gasteiger partial charge in [0.2, 0.25) is 0 Å². The Balaban J connectivity index is 2.66. The highest BCUT2D eigenvalue weighted by atomic mass is 35.7. The lowest BCUT2D eigenvalue weighted by molar-refractivity contribution is 0.495. The highest BCUT2D eigenvalue weighted by molar-refractivity contribution is 7.46.